The van der Waals surface area contributed by atoms with E-state index in [4.69, 9.17) is 9.47 Å². The van der Waals surface area contributed by atoms with Crippen LogP contribution in [0.5, 0.6) is 11.5 Å². The van der Waals surface area contributed by atoms with E-state index >= 15 is 0 Å². The molecule has 150 valence electrons. The minimum absolute atomic E-state index is 0.0395. The number of halogens is 2. The third-order valence-electron chi connectivity index (χ3n) is 4.00. The lowest BCUT2D eigenvalue weighted by Crippen LogP contribution is -2.32. The SMILES string of the molecule is COc1ccc(CCNC(=O)CCNC(=O)c2ccc(F)cc2F)cc1OC. The van der Waals surface area contributed by atoms with E-state index in [2.05, 4.69) is 10.6 Å². The Hall–Kier alpha value is -3.16. The third kappa shape index (κ3) is 5.94. The van der Waals surface area contributed by atoms with Gasteiger partial charge in [-0.3, -0.25) is 9.59 Å². The molecule has 0 radical (unpaired) electrons. The predicted molar refractivity (Wildman–Crippen MR) is 99.6 cm³/mol. The summed E-state index contributed by atoms with van der Waals surface area (Å²) >= 11 is 0. The van der Waals surface area contributed by atoms with Crippen molar-refractivity contribution in [3.05, 3.63) is 59.2 Å². The summed E-state index contributed by atoms with van der Waals surface area (Å²) in [6, 6.07) is 8.20. The summed E-state index contributed by atoms with van der Waals surface area (Å²) in [4.78, 5) is 23.7. The quantitative estimate of drug-likeness (QED) is 0.687. The number of amides is 2. The summed E-state index contributed by atoms with van der Waals surface area (Å²) in [6.07, 6.45) is 0.639. The molecule has 6 nitrogen and oxygen atoms in total. The maximum absolute atomic E-state index is 13.5. The van der Waals surface area contributed by atoms with Gasteiger partial charge in [0.15, 0.2) is 11.5 Å². The summed E-state index contributed by atoms with van der Waals surface area (Å²) in [7, 11) is 3.11. The molecule has 0 aliphatic carbocycles. The lowest BCUT2D eigenvalue weighted by Gasteiger charge is -2.10. The second-order valence-electron chi connectivity index (χ2n) is 5.92. The van der Waals surface area contributed by atoms with Crippen LogP contribution in [0.2, 0.25) is 0 Å². The smallest absolute Gasteiger partial charge is 0.254 e. The van der Waals surface area contributed by atoms with Gasteiger partial charge >= 0.3 is 0 Å². The average molecular weight is 392 g/mol. The zero-order valence-electron chi connectivity index (χ0n) is 15.7. The van der Waals surface area contributed by atoms with E-state index in [-0.39, 0.29) is 24.4 Å². The van der Waals surface area contributed by atoms with Crippen molar-refractivity contribution in [1.29, 1.82) is 0 Å². The van der Waals surface area contributed by atoms with E-state index in [0.29, 0.717) is 30.5 Å². The molecule has 2 aromatic carbocycles. The number of hydrogen-bond acceptors (Lipinski definition) is 4. The maximum atomic E-state index is 13.5. The average Bonchev–Trinajstić information content (AvgIpc) is 2.67. The molecule has 0 saturated carbocycles. The van der Waals surface area contributed by atoms with Crippen LogP contribution < -0.4 is 20.1 Å². The topological polar surface area (TPSA) is 76.7 Å². The number of methoxy groups -OCH3 is 2. The molecular formula is C20H22F2N2O4. The van der Waals surface area contributed by atoms with Crippen LogP contribution in [0.3, 0.4) is 0 Å². The zero-order valence-corrected chi connectivity index (χ0v) is 15.7. The Kier molecular flexibility index (Phi) is 7.74. The van der Waals surface area contributed by atoms with Gasteiger partial charge in [-0.1, -0.05) is 6.07 Å². The molecule has 0 saturated heterocycles. The molecule has 0 unspecified atom stereocenters. The summed E-state index contributed by atoms with van der Waals surface area (Å²) in [5, 5.41) is 5.18. The largest absolute Gasteiger partial charge is 0.493 e. The summed E-state index contributed by atoms with van der Waals surface area (Å²) in [5.74, 6) is -1.42. The van der Waals surface area contributed by atoms with Crippen molar-refractivity contribution in [3.63, 3.8) is 0 Å². The Bertz CT molecular complexity index is 843. The van der Waals surface area contributed by atoms with Gasteiger partial charge in [-0.05, 0) is 36.2 Å². The molecule has 2 amide bonds. The van der Waals surface area contributed by atoms with Crippen LogP contribution in [-0.2, 0) is 11.2 Å². The van der Waals surface area contributed by atoms with E-state index in [0.717, 1.165) is 17.7 Å². The van der Waals surface area contributed by atoms with Gasteiger partial charge in [-0.2, -0.15) is 0 Å². The van der Waals surface area contributed by atoms with Crippen LogP contribution in [0.15, 0.2) is 36.4 Å². The van der Waals surface area contributed by atoms with Gasteiger partial charge in [0.25, 0.3) is 5.91 Å². The van der Waals surface area contributed by atoms with Crippen molar-refractivity contribution < 1.29 is 27.8 Å². The standard InChI is InChI=1S/C20H22F2N2O4/c1-27-17-6-3-13(11-18(17)28-2)7-9-23-19(25)8-10-24-20(26)15-5-4-14(21)12-16(15)22/h3-6,11-12H,7-10H2,1-2H3,(H,23,25)(H,24,26). The molecule has 0 atom stereocenters. The fourth-order valence-electron chi connectivity index (χ4n) is 2.53. The molecule has 0 fully saturated rings. The van der Waals surface area contributed by atoms with Gasteiger partial charge in [0.05, 0.1) is 19.8 Å². The summed E-state index contributed by atoms with van der Waals surface area (Å²) < 4.78 is 36.8. The predicted octanol–water partition coefficient (Wildman–Crippen LogP) is 2.46. The van der Waals surface area contributed by atoms with E-state index in [1.165, 1.54) is 0 Å². The first-order chi connectivity index (χ1) is 13.4. The molecule has 28 heavy (non-hydrogen) atoms. The highest BCUT2D eigenvalue weighted by Crippen LogP contribution is 2.27. The van der Waals surface area contributed by atoms with Crippen LogP contribution >= 0.6 is 0 Å². The summed E-state index contributed by atoms with van der Waals surface area (Å²) in [6.45, 7) is 0.451. The molecule has 2 rings (SSSR count). The third-order valence-corrected chi connectivity index (χ3v) is 4.00. The van der Waals surface area contributed by atoms with E-state index in [9.17, 15) is 18.4 Å². The van der Waals surface area contributed by atoms with Crippen LogP contribution in [0.1, 0.15) is 22.3 Å². The first-order valence-electron chi connectivity index (χ1n) is 8.65. The molecule has 2 aromatic rings. The lowest BCUT2D eigenvalue weighted by molar-refractivity contribution is -0.120. The number of ether oxygens (including phenoxy) is 2. The van der Waals surface area contributed by atoms with E-state index in [1.54, 1.807) is 20.3 Å². The van der Waals surface area contributed by atoms with Gasteiger partial charge in [0.2, 0.25) is 5.91 Å². The van der Waals surface area contributed by atoms with Crippen molar-refractivity contribution in [2.45, 2.75) is 12.8 Å². The van der Waals surface area contributed by atoms with Crippen molar-refractivity contribution in [1.82, 2.24) is 10.6 Å². The van der Waals surface area contributed by atoms with Gasteiger partial charge in [0, 0.05) is 25.6 Å². The molecule has 0 heterocycles. The van der Waals surface area contributed by atoms with Gasteiger partial charge in [-0.15, -0.1) is 0 Å². The molecule has 8 heteroatoms. The Balaban J connectivity index is 1.72. The van der Waals surface area contributed by atoms with Gasteiger partial charge in [0.1, 0.15) is 11.6 Å². The zero-order chi connectivity index (χ0) is 20.5. The Morgan fingerprint density at radius 1 is 0.929 bits per heavy atom. The van der Waals surface area contributed by atoms with Crippen molar-refractivity contribution in [2.75, 3.05) is 27.3 Å². The highest BCUT2D eigenvalue weighted by molar-refractivity contribution is 5.94. The van der Waals surface area contributed by atoms with Crippen molar-refractivity contribution in [2.24, 2.45) is 0 Å². The Morgan fingerprint density at radius 2 is 1.68 bits per heavy atom. The minimum Gasteiger partial charge on any atom is -0.493 e. The van der Waals surface area contributed by atoms with Crippen molar-refractivity contribution in [3.8, 4) is 11.5 Å². The second kappa shape index (κ2) is 10.2. The molecule has 0 spiro atoms. The number of nitrogens with one attached hydrogen (secondary N) is 2. The van der Waals surface area contributed by atoms with E-state index < -0.39 is 17.5 Å². The number of hydrogen-bond donors (Lipinski definition) is 2. The molecule has 0 aromatic heterocycles. The molecule has 2 N–H and O–H groups in total. The number of carbonyl (C=O) groups is 2. The first-order valence-corrected chi connectivity index (χ1v) is 8.65. The number of benzene rings is 2. The van der Waals surface area contributed by atoms with Gasteiger partial charge < -0.3 is 20.1 Å². The van der Waals surface area contributed by atoms with Crippen LogP contribution in [0.25, 0.3) is 0 Å². The fourth-order valence-corrected chi connectivity index (χ4v) is 2.53. The van der Waals surface area contributed by atoms with Crippen molar-refractivity contribution >= 4 is 11.8 Å². The molecule has 0 aliphatic rings. The minimum atomic E-state index is -0.947. The number of carbonyl (C=O) groups excluding carboxylic acids is 2. The fraction of sp³-hybridized carbons (Fsp3) is 0.300. The van der Waals surface area contributed by atoms with Gasteiger partial charge in [-0.25, -0.2) is 8.78 Å². The van der Waals surface area contributed by atoms with Crippen LogP contribution in [0, 0.1) is 11.6 Å². The highest BCUT2D eigenvalue weighted by atomic mass is 19.1. The monoisotopic (exact) mass is 392 g/mol. The normalized spacial score (nSPS) is 10.3. The Labute approximate surface area is 161 Å². The molecular weight excluding hydrogens is 370 g/mol. The summed E-state index contributed by atoms with van der Waals surface area (Å²) in [5.41, 5.74) is 0.702. The maximum Gasteiger partial charge on any atom is 0.254 e. The number of rotatable bonds is 9. The van der Waals surface area contributed by atoms with Crippen LogP contribution in [0.4, 0.5) is 8.78 Å². The first kappa shape index (κ1) is 21.1. The molecule has 0 aliphatic heterocycles. The highest BCUT2D eigenvalue weighted by Gasteiger charge is 2.12. The lowest BCUT2D eigenvalue weighted by atomic mass is 10.1. The second-order valence-corrected chi connectivity index (χ2v) is 5.92. The Morgan fingerprint density at radius 3 is 2.36 bits per heavy atom. The van der Waals surface area contributed by atoms with E-state index in [1.807, 2.05) is 12.1 Å². The van der Waals surface area contributed by atoms with Crippen LogP contribution in [-0.4, -0.2) is 39.1 Å². The molecule has 0 bridgehead atoms.